The Morgan fingerprint density at radius 1 is 1.16 bits per heavy atom. The van der Waals surface area contributed by atoms with Gasteiger partial charge in [0.15, 0.2) is 0 Å². The molecule has 0 spiro atoms. The minimum atomic E-state index is -0.880. The van der Waals surface area contributed by atoms with E-state index in [0.29, 0.717) is 17.7 Å². The van der Waals surface area contributed by atoms with Gasteiger partial charge in [0.2, 0.25) is 5.91 Å². The average molecular weight is 340 g/mol. The van der Waals surface area contributed by atoms with E-state index in [0.717, 1.165) is 5.56 Å². The first kappa shape index (κ1) is 17.1. The Bertz CT molecular complexity index is 826. The number of hydrogen-bond donors (Lipinski definition) is 1. The lowest BCUT2D eigenvalue weighted by atomic mass is 10.0. The van der Waals surface area contributed by atoms with Crippen LogP contribution in [0.3, 0.4) is 0 Å². The van der Waals surface area contributed by atoms with Gasteiger partial charge in [0.05, 0.1) is 0 Å². The Morgan fingerprint density at radius 3 is 2.52 bits per heavy atom. The van der Waals surface area contributed by atoms with Gasteiger partial charge in [-0.05, 0) is 50.1 Å². The van der Waals surface area contributed by atoms with Crippen molar-refractivity contribution in [3.8, 4) is 0 Å². The van der Waals surface area contributed by atoms with Crippen LogP contribution < -0.4 is 5.32 Å². The first-order valence-electron chi connectivity index (χ1n) is 8.22. The molecule has 0 saturated carbocycles. The molecule has 1 atom stereocenters. The van der Waals surface area contributed by atoms with Crippen molar-refractivity contribution in [2.75, 3.05) is 0 Å². The molecule has 0 bridgehead atoms. The Morgan fingerprint density at radius 2 is 1.88 bits per heavy atom. The van der Waals surface area contributed by atoms with Gasteiger partial charge in [-0.25, -0.2) is 4.39 Å². The lowest BCUT2D eigenvalue weighted by molar-refractivity contribution is -0.127. The minimum absolute atomic E-state index is 0.214. The SMILES string of the molecule is CC(C)(C)NC(=O)C(c1cccc(F)c1)N1Cc2ccccc2C1=O. The minimum Gasteiger partial charge on any atom is -0.349 e. The van der Waals surface area contributed by atoms with Crippen LogP contribution in [0.2, 0.25) is 0 Å². The highest BCUT2D eigenvalue weighted by molar-refractivity contribution is 6.01. The number of amides is 2. The predicted molar refractivity (Wildman–Crippen MR) is 93.4 cm³/mol. The third-order valence-electron chi connectivity index (χ3n) is 4.07. The fraction of sp³-hybridized carbons (Fsp3) is 0.300. The van der Waals surface area contributed by atoms with Crippen molar-refractivity contribution in [3.63, 3.8) is 0 Å². The molecular formula is C20H21FN2O2. The molecular weight excluding hydrogens is 319 g/mol. The molecule has 1 unspecified atom stereocenters. The van der Waals surface area contributed by atoms with Crippen LogP contribution >= 0.6 is 0 Å². The summed E-state index contributed by atoms with van der Waals surface area (Å²) >= 11 is 0. The molecule has 2 aromatic carbocycles. The highest BCUT2D eigenvalue weighted by atomic mass is 19.1. The number of carbonyl (C=O) groups excluding carboxylic acids is 2. The normalized spacial score (nSPS) is 15.0. The molecule has 25 heavy (non-hydrogen) atoms. The maximum Gasteiger partial charge on any atom is 0.255 e. The van der Waals surface area contributed by atoms with Gasteiger partial charge in [-0.3, -0.25) is 9.59 Å². The molecule has 5 heteroatoms. The largest absolute Gasteiger partial charge is 0.349 e. The van der Waals surface area contributed by atoms with Gasteiger partial charge in [-0.15, -0.1) is 0 Å². The van der Waals surface area contributed by atoms with Crippen molar-refractivity contribution < 1.29 is 14.0 Å². The van der Waals surface area contributed by atoms with Crippen molar-refractivity contribution in [1.82, 2.24) is 10.2 Å². The number of fused-ring (bicyclic) bond motifs is 1. The van der Waals surface area contributed by atoms with Crippen molar-refractivity contribution in [3.05, 3.63) is 71.0 Å². The molecule has 2 amide bonds. The second-order valence-corrected chi connectivity index (χ2v) is 7.29. The molecule has 4 nitrogen and oxygen atoms in total. The molecule has 0 aromatic heterocycles. The zero-order valence-corrected chi connectivity index (χ0v) is 14.5. The molecule has 1 aliphatic rings. The van der Waals surface area contributed by atoms with Crippen molar-refractivity contribution in [2.45, 2.75) is 38.9 Å². The highest BCUT2D eigenvalue weighted by Crippen LogP contribution is 2.32. The van der Waals surface area contributed by atoms with E-state index < -0.39 is 17.4 Å². The van der Waals surface area contributed by atoms with Crippen LogP contribution in [0.25, 0.3) is 0 Å². The van der Waals surface area contributed by atoms with Crippen LogP contribution in [-0.4, -0.2) is 22.3 Å². The zero-order valence-electron chi connectivity index (χ0n) is 14.5. The smallest absolute Gasteiger partial charge is 0.255 e. The second-order valence-electron chi connectivity index (χ2n) is 7.29. The average Bonchev–Trinajstić information content (AvgIpc) is 2.83. The van der Waals surface area contributed by atoms with E-state index in [9.17, 15) is 14.0 Å². The zero-order chi connectivity index (χ0) is 18.2. The summed E-state index contributed by atoms with van der Waals surface area (Å²) in [5.74, 6) is -0.969. The third kappa shape index (κ3) is 3.55. The summed E-state index contributed by atoms with van der Waals surface area (Å²) in [6, 6.07) is 12.3. The topological polar surface area (TPSA) is 49.4 Å². The summed E-state index contributed by atoms with van der Waals surface area (Å²) in [5.41, 5.74) is 1.46. The van der Waals surface area contributed by atoms with Crippen LogP contribution in [-0.2, 0) is 11.3 Å². The summed E-state index contributed by atoms with van der Waals surface area (Å²) < 4.78 is 13.7. The Balaban J connectivity index is 2.01. The number of carbonyl (C=O) groups is 2. The Hall–Kier alpha value is -2.69. The van der Waals surface area contributed by atoms with E-state index in [1.54, 1.807) is 24.3 Å². The first-order valence-corrected chi connectivity index (χ1v) is 8.22. The standard InChI is InChI=1S/C20H21FN2O2/c1-20(2,3)22-18(24)17(13-8-6-9-15(21)11-13)23-12-14-7-4-5-10-16(14)19(23)25/h4-11,17H,12H2,1-3H3,(H,22,24). The van der Waals surface area contributed by atoms with Crippen molar-refractivity contribution >= 4 is 11.8 Å². The first-order chi connectivity index (χ1) is 11.8. The van der Waals surface area contributed by atoms with Crippen LogP contribution in [0.5, 0.6) is 0 Å². The van der Waals surface area contributed by atoms with Crippen molar-refractivity contribution in [2.24, 2.45) is 0 Å². The lowest BCUT2D eigenvalue weighted by Crippen LogP contribution is -2.47. The van der Waals surface area contributed by atoms with Gasteiger partial charge in [-0.2, -0.15) is 0 Å². The fourth-order valence-corrected chi connectivity index (χ4v) is 3.07. The Kier molecular flexibility index (Phi) is 4.33. The molecule has 1 heterocycles. The molecule has 0 radical (unpaired) electrons. The number of benzene rings is 2. The summed E-state index contributed by atoms with van der Waals surface area (Å²) in [4.78, 5) is 27.2. The lowest BCUT2D eigenvalue weighted by Gasteiger charge is -2.31. The van der Waals surface area contributed by atoms with E-state index >= 15 is 0 Å². The molecule has 1 N–H and O–H groups in total. The number of nitrogens with one attached hydrogen (secondary N) is 1. The van der Waals surface area contributed by atoms with E-state index in [4.69, 9.17) is 0 Å². The molecule has 0 aliphatic carbocycles. The number of nitrogens with zero attached hydrogens (tertiary/aromatic N) is 1. The molecule has 2 aromatic rings. The number of halogens is 1. The van der Waals surface area contributed by atoms with Gasteiger partial charge in [0.25, 0.3) is 5.91 Å². The van der Waals surface area contributed by atoms with E-state index in [1.807, 2.05) is 32.9 Å². The summed E-state index contributed by atoms with van der Waals surface area (Å²) in [5, 5.41) is 2.91. The predicted octanol–water partition coefficient (Wildman–Crippen LogP) is 3.44. The second kappa shape index (κ2) is 6.31. The van der Waals surface area contributed by atoms with Crippen LogP contribution in [0.1, 0.15) is 48.3 Å². The molecule has 3 rings (SSSR count). The number of rotatable bonds is 3. The van der Waals surface area contributed by atoms with Crippen LogP contribution in [0.15, 0.2) is 48.5 Å². The molecule has 0 saturated heterocycles. The maximum atomic E-state index is 13.7. The monoisotopic (exact) mass is 340 g/mol. The van der Waals surface area contributed by atoms with Crippen LogP contribution in [0.4, 0.5) is 4.39 Å². The maximum absolute atomic E-state index is 13.7. The van der Waals surface area contributed by atoms with E-state index in [2.05, 4.69) is 5.32 Å². The Labute approximate surface area is 146 Å². The van der Waals surface area contributed by atoms with Gasteiger partial charge in [-0.1, -0.05) is 30.3 Å². The van der Waals surface area contributed by atoms with Gasteiger partial charge in [0, 0.05) is 17.6 Å². The highest BCUT2D eigenvalue weighted by Gasteiger charge is 2.38. The molecule has 130 valence electrons. The van der Waals surface area contributed by atoms with Gasteiger partial charge >= 0.3 is 0 Å². The summed E-state index contributed by atoms with van der Waals surface area (Å²) in [6.07, 6.45) is 0. The molecule has 1 aliphatic heterocycles. The molecule has 0 fully saturated rings. The van der Waals surface area contributed by atoms with Gasteiger partial charge < -0.3 is 10.2 Å². The van der Waals surface area contributed by atoms with Crippen LogP contribution in [0, 0.1) is 5.82 Å². The third-order valence-corrected chi connectivity index (χ3v) is 4.07. The summed E-state index contributed by atoms with van der Waals surface area (Å²) in [7, 11) is 0. The fourth-order valence-electron chi connectivity index (χ4n) is 3.07. The van der Waals surface area contributed by atoms with Crippen molar-refractivity contribution in [1.29, 1.82) is 0 Å². The van der Waals surface area contributed by atoms with E-state index in [1.165, 1.54) is 17.0 Å². The van der Waals surface area contributed by atoms with E-state index in [-0.39, 0.29) is 11.8 Å². The quantitative estimate of drug-likeness (QED) is 0.930. The van der Waals surface area contributed by atoms with Gasteiger partial charge in [0.1, 0.15) is 11.9 Å². The number of hydrogen-bond acceptors (Lipinski definition) is 2. The summed E-state index contributed by atoms with van der Waals surface area (Å²) in [6.45, 7) is 5.93.